The third-order valence-electron chi connectivity index (χ3n) is 7.18. The second kappa shape index (κ2) is 11.8. The van der Waals surface area contributed by atoms with Crippen LogP contribution in [0.1, 0.15) is 35.3 Å². The molecule has 2 saturated heterocycles. The van der Waals surface area contributed by atoms with Crippen molar-refractivity contribution in [2.75, 3.05) is 32.2 Å². The molecule has 2 heterocycles. The molecule has 3 unspecified atom stereocenters. The number of carbonyl (C=O) groups is 3. The van der Waals surface area contributed by atoms with Crippen LogP contribution in [0, 0.1) is 6.92 Å². The van der Waals surface area contributed by atoms with E-state index in [1.807, 2.05) is 44.2 Å². The molecule has 0 aromatic heterocycles. The van der Waals surface area contributed by atoms with Gasteiger partial charge in [0, 0.05) is 29.0 Å². The van der Waals surface area contributed by atoms with Crippen LogP contribution in [0.3, 0.4) is 0 Å². The highest BCUT2D eigenvalue weighted by Crippen LogP contribution is 2.40. The Kier molecular flexibility index (Phi) is 8.64. The van der Waals surface area contributed by atoms with Crippen molar-refractivity contribution in [3.63, 3.8) is 0 Å². The Bertz CT molecular complexity index is 1170. The number of phenols is 1. The third kappa shape index (κ3) is 5.98. The lowest BCUT2D eigenvalue weighted by Crippen LogP contribution is -2.60. The fourth-order valence-corrected chi connectivity index (χ4v) is 6.04. The lowest BCUT2D eigenvalue weighted by molar-refractivity contribution is -0.152. The summed E-state index contributed by atoms with van der Waals surface area (Å²) < 4.78 is 4.82. The molecule has 2 aliphatic heterocycles. The van der Waals surface area contributed by atoms with Crippen LogP contribution in [0.2, 0.25) is 0 Å². The minimum Gasteiger partial charge on any atom is -0.508 e. The SMILES string of the molecule is Cc1c(O)cccc1C(=O)NC(Cc1ccccc1)C(O)C(=O)N1CSC(C)(C)C1C(=O)N1CCOCC1. The van der Waals surface area contributed by atoms with Gasteiger partial charge in [-0.25, -0.2) is 0 Å². The van der Waals surface area contributed by atoms with Gasteiger partial charge in [-0.1, -0.05) is 36.4 Å². The molecule has 10 heteroatoms. The van der Waals surface area contributed by atoms with Crippen molar-refractivity contribution in [2.45, 2.75) is 50.1 Å². The van der Waals surface area contributed by atoms with Gasteiger partial charge >= 0.3 is 0 Å². The molecule has 9 nitrogen and oxygen atoms in total. The highest BCUT2D eigenvalue weighted by atomic mass is 32.2. The lowest BCUT2D eigenvalue weighted by Gasteiger charge is -2.37. The van der Waals surface area contributed by atoms with Crippen molar-refractivity contribution in [3.8, 4) is 5.75 Å². The molecule has 204 valence electrons. The van der Waals surface area contributed by atoms with E-state index in [2.05, 4.69) is 5.32 Å². The van der Waals surface area contributed by atoms with Crippen LogP contribution in [-0.4, -0.2) is 92.8 Å². The maximum absolute atomic E-state index is 13.8. The van der Waals surface area contributed by atoms with Gasteiger partial charge in [-0.15, -0.1) is 11.8 Å². The summed E-state index contributed by atoms with van der Waals surface area (Å²) in [5.74, 6) is -1.05. The maximum atomic E-state index is 13.8. The zero-order chi connectivity index (χ0) is 27.4. The molecule has 0 aliphatic carbocycles. The fourth-order valence-electron chi connectivity index (χ4n) is 4.91. The van der Waals surface area contributed by atoms with Crippen LogP contribution in [0.5, 0.6) is 5.75 Å². The summed E-state index contributed by atoms with van der Waals surface area (Å²) in [5.41, 5.74) is 1.48. The monoisotopic (exact) mass is 541 g/mol. The number of amides is 3. The largest absolute Gasteiger partial charge is 0.508 e. The van der Waals surface area contributed by atoms with E-state index in [1.54, 1.807) is 24.0 Å². The van der Waals surface area contributed by atoms with Crippen LogP contribution in [0.15, 0.2) is 48.5 Å². The zero-order valence-electron chi connectivity index (χ0n) is 21.9. The number of aliphatic hydroxyl groups is 1. The van der Waals surface area contributed by atoms with Crippen LogP contribution in [0.4, 0.5) is 0 Å². The number of nitrogens with one attached hydrogen (secondary N) is 1. The van der Waals surface area contributed by atoms with E-state index in [9.17, 15) is 24.6 Å². The molecule has 0 bridgehead atoms. The molecule has 0 spiro atoms. The highest BCUT2D eigenvalue weighted by molar-refractivity contribution is 8.00. The molecule has 2 aromatic carbocycles. The van der Waals surface area contributed by atoms with Crippen LogP contribution in [-0.2, 0) is 20.7 Å². The van der Waals surface area contributed by atoms with Gasteiger partial charge in [0.2, 0.25) is 5.91 Å². The van der Waals surface area contributed by atoms with Crippen molar-refractivity contribution < 1.29 is 29.3 Å². The molecular weight excluding hydrogens is 506 g/mol. The Morgan fingerprint density at radius 1 is 1.11 bits per heavy atom. The molecule has 3 N–H and O–H groups in total. The number of thioether (sulfide) groups is 1. The van der Waals surface area contributed by atoms with Gasteiger partial charge in [0.15, 0.2) is 6.10 Å². The standard InChI is InChI=1S/C28H35N3O6S/c1-18-20(10-7-11-22(18)32)25(34)29-21(16-19-8-5-4-6-9-19)23(33)26(35)31-17-38-28(2,3)24(31)27(36)30-12-14-37-15-13-30/h4-11,21,23-24,32-33H,12-17H2,1-3H3,(H,29,34). The summed E-state index contributed by atoms with van der Waals surface area (Å²) >= 11 is 1.48. The van der Waals surface area contributed by atoms with Gasteiger partial charge in [-0.3, -0.25) is 14.4 Å². The Morgan fingerprint density at radius 2 is 1.79 bits per heavy atom. The average molecular weight is 542 g/mol. The number of aliphatic hydroxyl groups excluding tert-OH is 1. The van der Waals surface area contributed by atoms with Crippen molar-refractivity contribution in [2.24, 2.45) is 0 Å². The number of aromatic hydroxyl groups is 1. The molecule has 3 atom stereocenters. The summed E-state index contributed by atoms with van der Waals surface area (Å²) in [6.07, 6.45) is -1.39. The number of ether oxygens (including phenoxy) is 1. The van der Waals surface area contributed by atoms with Gasteiger partial charge in [-0.2, -0.15) is 0 Å². The summed E-state index contributed by atoms with van der Waals surface area (Å²) in [6.45, 7) is 7.28. The minimum atomic E-state index is -1.59. The molecule has 2 fully saturated rings. The van der Waals surface area contributed by atoms with E-state index >= 15 is 0 Å². The molecular formula is C28H35N3O6S. The molecule has 38 heavy (non-hydrogen) atoms. The maximum Gasteiger partial charge on any atom is 0.254 e. The molecule has 2 aromatic rings. The molecule has 0 saturated carbocycles. The molecule has 3 amide bonds. The van der Waals surface area contributed by atoms with Crippen molar-refractivity contribution in [1.29, 1.82) is 0 Å². The lowest BCUT2D eigenvalue weighted by atomic mass is 9.96. The summed E-state index contributed by atoms with van der Waals surface area (Å²) in [5, 5.41) is 24.3. The smallest absolute Gasteiger partial charge is 0.254 e. The molecule has 2 aliphatic rings. The van der Waals surface area contributed by atoms with Gasteiger partial charge in [-0.05, 0) is 44.9 Å². The average Bonchev–Trinajstić information content (AvgIpc) is 3.24. The first-order chi connectivity index (χ1) is 18.1. The second-order valence-electron chi connectivity index (χ2n) is 10.2. The van der Waals surface area contributed by atoms with E-state index in [-0.39, 0.29) is 29.5 Å². The number of nitrogens with zero attached hydrogens (tertiary/aromatic N) is 2. The van der Waals surface area contributed by atoms with Gasteiger partial charge in [0.1, 0.15) is 11.8 Å². The van der Waals surface area contributed by atoms with Crippen LogP contribution >= 0.6 is 11.8 Å². The van der Waals surface area contributed by atoms with Crippen molar-refractivity contribution in [3.05, 3.63) is 65.2 Å². The minimum absolute atomic E-state index is 0.0188. The topological polar surface area (TPSA) is 119 Å². The number of hydrogen-bond donors (Lipinski definition) is 3. The summed E-state index contributed by atoms with van der Waals surface area (Å²) in [6, 6.07) is 12.2. The van der Waals surface area contributed by atoms with Gasteiger partial charge in [0.25, 0.3) is 11.8 Å². The number of hydrogen-bond acceptors (Lipinski definition) is 7. The highest BCUT2D eigenvalue weighted by Gasteiger charge is 2.51. The Morgan fingerprint density at radius 3 is 2.47 bits per heavy atom. The van der Waals surface area contributed by atoms with Crippen molar-refractivity contribution in [1.82, 2.24) is 15.1 Å². The van der Waals surface area contributed by atoms with Crippen molar-refractivity contribution >= 4 is 29.5 Å². The fraction of sp³-hybridized carbons (Fsp3) is 0.464. The number of benzene rings is 2. The Labute approximate surface area is 227 Å². The first-order valence-corrected chi connectivity index (χ1v) is 13.7. The summed E-state index contributed by atoms with van der Waals surface area (Å²) in [7, 11) is 0. The number of carbonyl (C=O) groups excluding carboxylic acids is 3. The number of rotatable bonds is 7. The Hall–Kier alpha value is -3.08. The van der Waals surface area contributed by atoms with Gasteiger partial charge in [0.05, 0.1) is 25.1 Å². The first-order valence-electron chi connectivity index (χ1n) is 12.7. The zero-order valence-corrected chi connectivity index (χ0v) is 22.7. The van der Waals surface area contributed by atoms with E-state index in [1.165, 1.54) is 22.7 Å². The van der Waals surface area contributed by atoms with E-state index in [4.69, 9.17) is 4.74 Å². The van der Waals surface area contributed by atoms with Crippen LogP contribution < -0.4 is 5.32 Å². The normalized spacial score (nSPS) is 20.6. The van der Waals surface area contributed by atoms with E-state index in [0.29, 0.717) is 31.9 Å². The van der Waals surface area contributed by atoms with Crippen LogP contribution in [0.25, 0.3) is 0 Å². The predicted molar refractivity (Wildman–Crippen MR) is 145 cm³/mol. The molecule has 0 radical (unpaired) electrons. The number of morpholine rings is 1. The predicted octanol–water partition coefficient (Wildman–Crippen LogP) is 1.94. The third-order valence-corrected chi connectivity index (χ3v) is 8.56. The van der Waals surface area contributed by atoms with E-state index < -0.39 is 34.7 Å². The summed E-state index contributed by atoms with van der Waals surface area (Å²) in [4.78, 5) is 43.7. The second-order valence-corrected chi connectivity index (χ2v) is 11.8. The van der Waals surface area contributed by atoms with E-state index in [0.717, 1.165) is 5.56 Å². The van der Waals surface area contributed by atoms with Gasteiger partial charge < -0.3 is 30.1 Å². The Balaban J connectivity index is 1.59. The molecule has 4 rings (SSSR count). The quantitative estimate of drug-likeness (QED) is 0.490. The first kappa shape index (κ1) is 27.9. The number of phenolic OH excluding ortho intramolecular Hbond substituents is 1.